The lowest BCUT2D eigenvalue weighted by atomic mass is 10.0. The Morgan fingerprint density at radius 3 is 2.86 bits per heavy atom. The summed E-state index contributed by atoms with van der Waals surface area (Å²) in [6.45, 7) is 2.40. The minimum atomic E-state index is -0.687. The van der Waals surface area contributed by atoms with Gasteiger partial charge in [-0.15, -0.1) is 16.9 Å². The molecule has 0 radical (unpaired) electrons. The molecule has 3 rings (SSSR count). The van der Waals surface area contributed by atoms with E-state index in [0.29, 0.717) is 23.2 Å². The van der Waals surface area contributed by atoms with Gasteiger partial charge in [0.2, 0.25) is 11.1 Å². The summed E-state index contributed by atoms with van der Waals surface area (Å²) >= 11 is 2.88. The predicted molar refractivity (Wildman–Crippen MR) is 107 cm³/mol. The van der Waals surface area contributed by atoms with Crippen LogP contribution in [0, 0.1) is 0 Å². The van der Waals surface area contributed by atoms with Crippen molar-refractivity contribution in [2.45, 2.75) is 30.0 Å². The molecule has 11 nitrogen and oxygen atoms in total. The van der Waals surface area contributed by atoms with E-state index in [0.717, 1.165) is 12.1 Å². The number of aromatic nitrogens is 4. The maximum absolute atomic E-state index is 12.6. The number of hydrogen-bond donors (Lipinski definition) is 1. The fourth-order valence-corrected chi connectivity index (χ4v) is 5.14. The largest absolute Gasteiger partial charge is 0.453 e. The molecule has 1 saturated heterocycles. The van der Waals surface area contributed by atoms with Crippen LogP contribution >= 0.6 is 23.5 Å². The van der Waals surface area contributed by atoms with E-state index in [1.807, 2.05) is 19.0 Å². The van der Waals surface area contributed by atoms with Crippen molar-refractivity contribution in [3.05, 3.63) is 11.3 Å². The number of fused-ring (bicyclic) bond motifs is 1. The summed E-state index contributed by atoms with van der Waals surface area (Å²) < 4.78 is 6.78. The fourth-order valence-electron chi connectivity index (χ4n) is 2.80. The summed E-state index contributed by atoms with van der Waals surface area (Å²) in [4.78, 5) is 39.5. The quantitative estimate of drug-likeness (QED) is 0.286. The SMILES string of the molecule is CC(=O)COC(=O)C1=C(CSc2nnnn2CCN(C)C)CS[C@H]2C(N)C(=O)N12. The normalized spacial score (nSPS) is 21.3. The van der Waals surface area contributed by atoms with Crippen molar-refractivity contribution in [1.29, 1.82) is 0 Å². The van der Waals surface area contributed by atoms with Gasteiger partial charge in [0.05, 0.1) is 6.54 Å². The smallest absolute Gasteiger partial charge is 0.355 e. The molecule has 1 unspecified atom stereocenters. The summed E-state index contributed by atoms with van der Waals surface area (Å²) in [6.07, 6.45) is 0. The second kappa shape index (κ2) is 9.24. The number of esters is 1. The minimum Gasteiger partial charge on any atom is -0.453 e. The lowest BCUT2D eigenvalue weighted by Gasteiger charge is -2.48. The molecule has 13 heteroatoms. The van der Waals surface area contributed by atoms with Crippen molar-refractivity contribution in [3.63, 3.8) is 0 Å². The Bertz CT molecular complexity index is 841. The van der Waals surface area contributed by atoms with Gasteiger partial charge in [-0.2, -0.15) is 0 Å². The van der Waals surface area contributed by atoms with Crippen LogP contribution in [0.3, 0.4) is 0 Å². The first-order chi connectivity index (χ1) is 13.8. The predicted octanol–water partition coefficient (Wildman–Crippen LogP) is -1.04. The van der Waals surface area contributed by atoms with Crippen LogP contribution in [0.15, 0.2) is 16.4 Å². The number of tetrazole rings is 1. The van der Waals surface area contributed by atoms with Gasteiger partial charge < -0.3 is 15.4 Å². The van der Waals surface area contributed by atoms with Crippen LogP contribution in [0.5, 0.6) is 0 Å². The lowest BCUT2D eigenvalue weighted by Crippen LogP contribution is -2.68. The van der Waals surface area contributed by atoms with Gasteiger partial charge in [-0.1, -0.05) is 11.8 Å². The number of rotatable bonds is 9. The molecule has 1 aromatic heterocycles. The number of β-lactam (4-membered cyclic amide) rings is 1. The van der Waals surface area contributed by atoms with Crippen LogP contribution in [-0.2, 0) is 25.7 Å². The van der Waals surface area contributed by atoms with E-state index in [9.17, 15) is 14.4 Å². The summed E-state index contributed by atoms with van der Waals surface area (Å²) in [7, 11) is 3.93. The third-order valence-electron chi connectivity index (χ3n) is 4.32. The molecule has 2 N–H and O–H groups in total. The van der Waals surface area contributed by atoms with Gasteiger partial charge in [0.25, 0.3) is 0 Å². The van der Waals surface area contributed by atoms with Crippen LogP contribution in [0.2, 0.25) is 0 Å². The van der Waals surface area contributed by atoms with Crippen molar-refractivity contribution in [3.8, 4) is 0 Å². The number of nitrogens with two attached hydrogens (primary N) is 1. The van der Waals surface area contributed by atoms with E-state index in [1.165, 1.54) is 35.3 Å². The van der Waals surface area contributed by atoms with E-state index >= 15 is 0 Å². The molecule has 158 valence electrons. The van der Waals surface area contributed by atoms with E-state index in [2.05, 4.69) is 15.5 Å². The Morgan fingerprint density at radius 2 is 2.17 bits per heavy atom. The number of likely N-dealkylation sites (N-methyl/N-ethyl adjacent to an activating group) is 1. The van der Waals surface area contributed by atoms with Crippen LogP contribution in [0.25, 0.3) is 0 Å². The second-order valence-electron chi connectivity index (χ2n) is 6.94. The molecule has 0 aliphatic carbocycles. The zero-order valence-corrected chi connectivity index (χ0v) is 18.0. The van der Waals surface area contributed by atoms with Gasteiger partial charge in [0, 0.05) is 18.1 Å². The molecule has 1 aromatic rings. The van der Waals surface area contributed by atoms with E-state index in [-0.39, 0.29) is 29.4 Å². The third-order valence-corrected chi connectivity index (χ3v) is 6.73. The second-order valence-corrected chi connectivity index (χ2v) is 8.99. The number of amides is 1. The highest BCUT2D eigenvalue weighted by atomic mass is 32.2. The topological polar surface area (TPSA) is 137 Å². The highest BCUT2D eigenvalue weighted by molar-refractivity contribution is 8.01. The zero-order valence-electron chi connectivity index (χ0n) is 16.4. The average molecular weight is 442 g/mol. The maximum Gasteiger partial charge on any atom is 0.355 e. The molecule has 2 aliphatic rings. The Morgan fingerprint density at radius 1 is 1.41 bits per heavy atom. The minimum absolute atomic E-state index is 0.182. The third kappa shape index (κ3) is 4.79. The van der Waals surface area contributed by atoms with Gasteiger partial charge in [-0.25, -0.2) is 9.48 Å². The van der Waals surface area contributed by atoms with E-state index in [1.54, 1.807) is 4.68 Å². The number of ether oxygens (including phenoxy) is 1. The van der Waals surface area contributed by atoms with Crippen LogP contribution < -0.4 is 5.73 Å². The summed E-state index contributed by atoms with van der Waals surface area (Å²) in [5.74, 6) is -0.350. The van der Waals surface area contributed by atoms with E-state index in [4.69, 9.17) is 10.5 Å². The summed E-state index contributed by atoms with van der Waals surface area (Å²) in [5.41, 5.74) is 6.77. The van der Waals surface area contributed by atoms with E-state index < -0.39 is 12.0 Å². The first kappa shape index (κ1) is 21.7. The summed E-state index contributed by atoms with van der Waals surface area (Å²) in [5, 5.41) is 12.1. The molecule has 0 saturated carbocycles. The molecule has 2 atom stereocenters. The van der Waals surface area contributed by atoms with Crippen molar-refractivity contribution >= 4 is 41.2 Å². The van der Waals surface area contributed by atoms with Gasteiger partial charge in [-0.3, -0.25) is 14.5 Å². The Balaban J connectivity index is 1.77. The Hall–Kier alpha value is -1.96. The number of ketones is 1. The number of nitrogens with zero attached hydrogens (tertiary/aromatic N) is 6. The molecule has 0 spiro atoms. The zero-order chi connectivity index (χ0) is 21.1. The van der Waals surface area contributed by atoms with Crippen molar-refractivity contribution in [2.24, 2.45) is 5.73 Å². The first-order valence-electron chi connectivity index (χ1n) is 8.92. The number of hydrogen-bond acceptors (Lipinski definition) is 11. The number of thioether (sulfide) groups is 2. The van der Waals surface area contributed by atoms with Crippen LogP contribution in [0.4, 0.5) is 0 Å². The van der Waals surface area contributed by atoms with Crippen molar-refractivity contribution in [2.75, 3.05) is 38.8 Å². The number of carbonyl (C=O) groups excluding carboxylic acids is 3. The molecule has 1 fully saturated rings. The van der Waals surface area contributed by atoms with Gasteiger partial charge >= 0.3 is 5.97 Å². The fraction of sp³-hybridized carbons (Fsp3) is 0.625. The Kier molecular flexibility index (Phi) is 6.93. The average Bonchev–Trinajstić information content (AvgIpc) is 3.14. The monoisotopic (exact) mass is 441 g/mol. The maximum atomic E-state index is 12.6. The molecule has 2 aliphatic heterocycles. The van der Waals surface area contributed by atoms with Gasteiger partial charge in [-0.05, 0) is 37.0 Å². The molecule has 1 amide bonds. The standard InChI is InChI=1S/C16H23N7O4S2/c1-9(24)6-27-15(26)12-10(7-28-14-11(17)13(25)23(12)14)8-29-16-18-19-20-22(16)5-4-21(2)3/h11,14H,4-8,17H2,1-3H3/t11?,14-/m0/s1. The molecular weight excluding hydrogens is 418 g/mol. The van der Waals surface area contributed by atoms with Gasteiger partial charge in [0.1, 0.15) is 23.7 Å². The van der Waals surface area contributed by atoms with Crippen molar-refractivity contribution < 1.29 is 19.1 Å². The van der Waals surface area contributed by atoms with Gasteiger partial charge in [0.15, 0.2) is 5.78 Å². The Labute approximate surface area is 176 Å². The van der Waals surface area contributed by atoms with Crippen molar-refractivity contribution in [1.82, 2.24) is 30.0 Å². The number of Topliss-reactive ketones (excluding diaryl/α,β-unsaturated/α-hetero) is 1. The molecular formula is C16H23N7O4S2. The van der Waals surface area contributed by atoms with Crippen LogP contribution in [-0.4, -0.2) is 97.8 Å². The van der Waals surface area contributed by atoms with Crippen LogP contribution in [0.1, 0.15) is 6.92 Å². The molecule has 0 bridgehead atoms. The highest BCUT2D eigenvalue weighted by Crippen LogP contribution is 2.40. The lowest BCUT2D eigenvalue weighted by molar-refractivity contribution is -0.152. The first-order valence-corrected chi connectivity index (χ1v) is 11.0. The summed E-state index contributed by atoms with van der Waals surface area (Å²) in [6, 6.07) is -0.636. The molecule has 29 heavy (non-hydrogen) atoms. The molecule has 3 heterocycles. The highest BCUT2D eigenvalue weighted by Gasteiger charge is 2.52. The number of carbonyl (C=O) groups is 3. The molecule has 0 aromatic carbocycles.